The Kier molecular flexibility index (Phi) is 6.04. The van der Waals surface area contributed by atoms with Crippen LogP contribution < -0.4 is 0 Å². The largest absolute Gasteiger partial charge is 0.284 e. The summed E-state index contributed by atoms with van der Waals surface area (Å²) in [7, 11) is 0. The average molecular weight is 416 g/mol. The molecule has 0 bridgehead atoms. The molecule has 1 heterocycles. The molecule has 0 radical (unpaired) electrons. The molecular weight excluding hydrogens is 398 g/mol. The second-order valence-corrected chi connectivity index (χ2v) is 7.69. The number of thioether (sulfide) groups is 1. The van der Waals surface area contributed by atoms with E-state index in [1.807, 2.05) is 61.5 Å². The Bertz CT molecular complexity index is 790. The summed E-state index contributed by atoms with van der Waals surface area (Å²) in [5, 5.41) is 9.07. The lowest BCUT2D eigenvalue weighted by Gasteiger charge is -2.15. The van der Waals surface area contributed by atoms with E-state index in [1.165, 1.54) is 11.8 Å². The zero-order chi connectivity index (χ0) is 17.6. The Morgan fingerprint density at radius 2 is 1.88 bits per heavy atom. The molecular formula is C19H18BrN3OS. The molecule has 6 heteroatoms. The van der Waals surface area contributed by atoms with Gasteiger partial charge in [0.05, 0.1) is 18.0 Å². The molecule has 128 valence electrons. The third-order valence-electron chi connectivity index (χ3n) is 3.79. The topological polar surface area (TPSA) is 45.0 Å². The normalized spacial score (nSPS) is 19.3. The molecule has 25 heavy (non-hydrogen) atoms. The summed E-state index contributed by atoms with van der Waals surface area (Å²) in [4.78, 5) is 14.3. The number of benzene rings is 2. The fourth-order valence-corrected chi connectivity index (χ4v) is 3.74. The first kappa shape index (κ1) is 17.9. The molecule has 4 nitrogen and oxygen atoms in total. The van der Waals surface area contributed by atoms with Gasteiger partial charge in [-0.25, -0.2) is 0 Å². The number of amidine groups is 1. The van der Waals surface area contributed by atoms with E-state index in [1.54, 1.807) is 11.1 Å². The highest BCUT2D eigenvalue weighted by Gasteiger charge is 2.36. The number of nitrogens with zero attached hydrogens (tertiary/aromatic N) is 3. The van der Waals surface area contributed by atoms with E-state index in [0.717, 1.165) is 22.0 Å². The first-order valence-corrected chi connectivity index (χ1v) is 9.73. The van der Waals surface area contributed by atoms with Crippen LogP contribution in [0.4, 0.5) is 0 Å². The van der Waals surface area contributed by atoms with E-state index < -0.39 is 0 Å². The number of halogens is 1. The van der Waals surface area contributed by atoms with E-state index in [4.69, 9.17) is 0 Å². The molecule has 1 amide bonds. The molecule has 2 aromatic carbocycles. The number of amides is 1. The Morgan fingerprint density at radius 1 is 1.16 bits per heavy atom. The van der Waals surface area contributed by atoms with Crippen LogP contribution in [0, 0.1) is 0 Å². The van der Waals surface area contributed by atoms with Gasteiger partial charge < -0.3 is 0 Å². The lowest BCUT2D eigenvalue weighted by molar-refractivity contribution is -0.126. The lowest BCUT2D eigenvalue weighted by atomic mass is 10.2. The maximum absolute atomic E-state index is 12.6. The van der Waals surface area contributed by atoms with Crippen LogP contribution in [0.15, 0.2) is 69.3 Å². The van der Waals surface area contributed by atoms with Crippen LogP contribution in [0.25, 0.3) is 0 Å². The summed E-state index contributed by atoms with van der Waals surface area (Å²) >= 11 is 4.90. The zero-order valence-electron chi connectivity index (χ0n) is 13.8. The van der Waals surface area contributed by atoms with Crippen LogP contribution in [0.5, 0.6) is 0 Å². The smallest absolute Gasteiger partial charge is 0.242 e. The molecule has 1 saturated heterocycles. The van der Waals surface area contributed by atoms with Gasteiger partial charge in [0.2, 0.25) is 5.91 Å². The quantitative estimate of drug-likeness (QED) is 0.524. The van der Waals surface area contributed by atoms with Gasteiger partial charge in [-0.3, -0.25) is 9.69 Å². The lowest BCUT2D eigenvalue weighted by Crippen LogP contribution is -2.31. The summed E-state index contributed by atoms with van der Waals surface area (Å²) in [6.45, 7) is 2.54. The molecule has 1 aliphatic rings. The van der Waals surface area contributed by atoms with Crippen LogP contribution in [0.3, 0.4) is 0 Å². The highest BCUT2D eigenvalue weighted by Crippen LogP contribution is 2.30. The maximum atomic E-state index is 12.6. The summed E-state index contributed by atoms with van der Waals surface area (Å²) in [6.07, 6.45) is 2.48. The van der Waals surface area contributed by atoms with Crippen molar-refractivity contribution in [2.24, 2.45) is 10.2 Å². The van der Waals surface area contributed by atoms with Crippen molar-refractivity contribution in [3.63, 3.8) is 0 Å². The minimum absolute atomic E-state index is 0.0784. The Labute approximate surface area is 160 Å². The van der Waals surface area contributed by atoms with Crippen molar-refractivity contribution in [2.75, 3.05) is 0 Å². The summed E-state index contributed by atoms with van der Waals surface area (Å²) in [5.74, 6) is 0.106. The van der Waals surface area contributed by atoms with Crippen LogP contribution >= 0.6 is 27.7 Å². The molecule has 1 unspecified atom stereocenters. The van der Waals surface area contributed by atoms with Crippen molar-refractivity contribution in [2.45, 2.75) is 25.1 Å². The van der Waals surface area contributed by atoms with Crippen molar-refractivity contribution in [3.8, 4) is 0 Å². The molecule has 0 saturated carbocycles. The highest BCUT2D eigenvalue weighted by atomic mass is 79.9. The fraction of sp³-hybridized carbons (Fsp3) is 0.211. The number of hydrogen-bond acceptors (Lipinski definition) is 4. The van der Waals surface area contributed by atoms with E-state index in [2.05, 4.69) is 26.1 Å². The maximum Gasteiger partial charge on any atom is 0.242 e. The SMILES string of the molecule is CCC1S/C(=N\N=C\c2ccc(Br)cc2)N(Cc2ccccc2)C1=O. The summed E-state index contributed by atoms with van der Waals surface area (Å²) in [5.41, 5.74) is 2.04. The Hall–Kier alpha value is -1.92. The molecule has 0 spiro atoms. The number of rotatable bonds is 5. The second kappa shape index (κ2) is 8.45. The zero-order valence-corrected chi connectivity index (χ0v) is 16.2. The molecule has 0 N–H and O–H groups in total. The van der Waals surface area contributed by atoms with Gasteiger partial charge in [0, 0.05) is 4.47 Å². The molecule has 2 aromatic rings. The number of hydrogen-bond donors (Lipinski definition) is 0. The van der Waals surface area contributed by atoms with Gasteiger partial charge in [0.25, 0.3) is 0 Å². The van der Waals surface area contributed by atoms with Crippen molar-refractivity contribution in [1.82, 2.24) is 4.90 Å². The van der Waals surface area contributed by atoms with Crippen LogP contribution in [-0.2, 0) is 11.3 Å². The minimum Gasteiger partial charge on any atom is -0.284 e. The van der Waals surface area contributed by atoms with E-state index >= 15 is 0 Å². The van der Waals surface area contributed by atoms with E-state index in [9.17, 15) is 4.79 Å². The molecule has 1 atom stereocenters. The first-order chi connectivity index (χ1) is 12.2. The molecule has 0 aliphatic carbocycles. The molecule has 1 fully saturated rings. The van der Waals surface area contributed by atoms with E-state index in [0.29, 0.717) is 11.7 Å². The fourth-order valence-electron chi connectivity index (χ4n) is 2.45. The first-order valence-electron chi connectivity index (χ1n) is 8.06. The standard InChI is InChI=1S/C19H18BrN3OS/c1-2-17-18(24)23(13-15-6-4-3-5-7-15)19(25-17)22-21-12-14-8-10-16(20)11-9-14/h3-12,17H,2,13H2,1H3/b21-12+,22-19-. The Balaban J connectivity index is 1.78. The van der Waals surface area contributed by atoms with Gasteiger partial charge in [-0.05, 0) is 29.7 Å². The second-order valence-electron chi connectivity index (χ2n) is 5.60. The summed E-state index contributed by atoms with van der Waals surface area (Å²) in [6, 6.07) is 17.8. The van der Waals surface area contributed by atoms with Crippen LogP contribution in [0.1, 0.15) is 24.5 Å². The third kappa shape index (κ3) is 4.58. The van der Waals surface area contributed by atoms with Crippen LogP contribution in [-0.4, -0.2) is 27.4 Å². The average Bonchev–Trinajstić information content (AvgIpc) is 2.93. The van der Waals surface area contributed by atoms with Gasteiger partial charge in [-0.15, -0.1) is 5.10 Å². The van der Waals surface area contributed by atoms with Gasteiger partial charge in [0.15, 0.2) is 5.17 Å². The minimum atomic E-state index is -0.0784. The monoisotopic (exact) mass is 415 g/mol. The predicted octanol–water partition coefficient (Wildman–Crippen LogP) is 4.69. The predicted molar refractivity (Wildman–Crippen MR) is 108 cm³/mol. The van der Waals surface area contributed by atoms with Gasteiger partial charge in [-0.1, -0.05) is 77.1 Å². The van der Waals surface area contributed by atoms with Crippen molar-refractivity contribution in [1.29, 1.82) is 0 Å². The van der Waals surface area contributed by atoms with Crippen molar-refractivity contribution < 1.29 is 4.79 Å². The highest BCUT2D eigenvalue weighted by molar-refractivity contribution is 9.10. The Morgan fingerprint density at radius 3 is 2.56 bits per heavy atom. The van der Waals surface area contributed by atoms with Gasteiger partial charge in [0.1, 0.15) is 0 Å². The molecule has 0 aromatic heterocycles. The van der Waals surface area contributed by atoms with Gasteiger partial charge in [-0.2, -0.15) is 5.10 Å². The molecule has 3 rings (SSSR count). The van der Waals surface area contributed by atoms with Crippen molar-refractivity contribution >= 4 is 45.0 Å². The van der Waals surface area contributed by atoms with Crippen molar-refractivity contribution in [3.05, 3.63) is 70.2 Å². The number of carbonyl (C=O) groups excluding carboxylic acids is 1. The third-order valence-corrected chi connectivity index (χ3v) is 5.66. The number of carbonyl (C=O) groups is 1. The van der Waals surface area contributed by atoms with Crippen LogP contribution in [0.2, 0.25) is 0 Å². The molecule has 1 aliphatic heterocycles. The van der Waals surface area contributed by atoms with E-state index in [-0.39, 0.29) is 11.2 Å². The summed E-state index contributed by atoms with van der Waals surface area (Å²) < 4.78 is 1.02. The van der Waals surface area contributed by atoms with Gasteiger partial charge >= 0.3 is 0 Å².